The molecule has 1 fully saturated rings. The van der Waals surface area contributed by atoms with Gasteiger partial charge in [0.15, 0.2) is 4.32 Å². The van der Waals surface area contributed by atoms with Gasteiger partial charge in [-0.25, -0.2) is 4.39 Å². The van der Waals surface area contributed by atoms with E-state index in [1.807, 2.05) is 24.3 Å². The lowest BCUT2D eigenvalue weighted by Gasteiger charge is -2.15. The Labute approximate surface area is 156 Å². The van der Waals surface area contributed by atoms with Gasteiger partial charge in [0, 0.05) is 0 Å². The summed E-state index contributed by atoms with van der Waals surface area (Å²) in [5.74, 6) is -0.493. The molecule has 5 heteroatoms. The van der Waals surface area contributed by atoms with E-state index >= 15 is 0 Å². The first-order valence-electron chi connectivity index (χ1n) is 8.21. The number of rotatable bonds is 5. The zero-order valence-corrected chi connectivity index (χ0v) is 15.5. The van der Waals surface area contributed by atoms with Crippen molar-refractivity contribution in [3.05, 3.63) is 70.4 Å². The Morgan fingerprint density at radius 2 is 1.96 bits per heavy atom. The van der Waals surface area contributed by atoms with E-state index in [1.165, 1.54) is 34.4 Å². The predicted molar refractivity (Wildman–Crippen MR) is 107 cm³/mol. The number of thioether (sulfide) groups is 1. The summed E-state index contributed by atoms with van der Waals surface area (Å²) in [5, 5.41) is 0. The first kappa shape index (κ1) is 17.8. The Kier molecular flexibility index (Phi) is 5.66. The Morgan fingerprint density at radius 3 is 2.64 bits per heavy atom. The second kappa shape index (κ2) is 7.93. The maximum atomic E-state index is 13.3. The number of anilines is 1. The van der Waals surface area contributed by atoms with Crippen molar-refractivity contribution >= 4 is 46.0 Å². The molecule has 1 aliphatic rings. The van der Waals surface area contributed by atoms with Gasteiger partial charge in [0.1, 0.15) is 5.82 Å². The molecule has 1 saturated heterocycles. The maximum absolute atomic E-state index is 13.3. The van der Waals surface area contributed by atoms with Crippen LogP contribution in [0.4, 0.5) is 10.1 Å². The number of carbonyl (C=O) groups is 1. The van der Waals surface area contributed by atoms with E-state index in [1.54, 1.807) is 18.2 Å². The van der Waals surface area contributed by atoms with Crippen LogP contribution in [0.2, 0.25) is 0 Å². The largest absolute Gasteiger partial charge is 0.270 e. The minimum Gasteiger partial charge on any atom is -0.268 e. The Bertz CT molecular complexity index is 830. The summed E-state index contributed by atoms with van der Waals surface area (Å²) in [6, 6.07) is 14.1. The van der Waals surface area contributed by atoms with Crippen molar-refractivity contribution in [3.8, 4) is 0 Å². The summed E-state index contributed by atoms with van der Waals surface area (Å²) in [7, 11) is 0. The van der Waals surface area contributed by atoms with Gasteiger partial charge in [0.25, 0.3) is 5.91 Å². The van der Waals surface area contributed by atoms with Crippen molar-refractivity contribution in [3.63, 3.8) is 0 Å². The van der Waals surface area contributed by atoms with Gasteiger partial charge in [-0.1, -0.05) is 61.6 Å². The normalized spacial score (nSPS) is 16.1. The number of amides is 1. The third-order valence-electron chi connectivity index (χ3n) is 3.95. The lowest BCUT2D eigenvalue weighted by atomic mass is 10.1. The number of hydrogen-bond donors (Lipinski definition) is 0. The van der Waals surface area contributed by atoms with Crippen LogP contribution in [0.3, 0.4) is 0 Å². The maximum Gasteiger partial charge on any atom is 0.270 e. The molecule has 0 saturated carbocycles. The standard InChI is InChI=1S/C20H18FNOS2/c1-2-3-5-14-8-10-17(11-9-14)22-19(23)18(25-20(22)24)13-15-6-4-7-16(21)12-15/h4,6-13H,2-3,5H2,1H3. The average Bonchev–Trinajstić information content (AvgIpc) is 2.87. The first-order chi connectivity index (χ1) is 12.1. The molecule has 0 aromatic heterocycles. The van der Waals surface area contributed by atoms with E-state index in [4.69, 9.17) is 12.2 Å². The van der Waals surface area contributed by atoms with Gasteiger partial charge >= 0.3 is 0 Å². The molecule has 0 radical (unpaired) electrons. The highest BCUT2D eigenvalue weighted by Crippen LogP contribution is 2.36. The molecule has 3 rings (SSSR count). The Balaban J connectivity index is 1.81. The summed E-state index contributed by atoms with van der Waals surface area (Å²) in [6.07, 6.45) is 5.02. The second-order valence-electron chi connectivity index (χ2n) is 5.84. The number of nitrogens with zero attached hydrogens (tertiary/aromatic N) is 1. The second-order valence-corrected chi connectivity index (χ2v) is 7.52. The molecule has 128 valence electrons. The van der Waals surface area contributed by atoms with Crippen LogP contribution in [0.1, 0.15) is 30.9 Å². The number of unbranched alkanes of at least 4 members (excludes halogenated alkanes) is 1. The number of halogens is 1. The van der Waals surface area contributed by atoms with Crippen LogP contribution in [-0.4, -0.2) is 10.2 Å². The highest BCUT2D eigenvalue weighted by atomic mass is 32.2. The highest BCUT2D eigenvalue weighted by molar-refractivity contribution is 8.27. The summed E-state index contributed by atoms with van der Waals surface area (Å²) >= 11 is 6.62. The van der Waals surface area contributed by atoms with Crippen molar-refractivity contribution in [2.24, 2.45) is 0 Å². The minimum atomic E-state index is -0.327. The molecule has 1 heterocycles. The fraction of sp³-hybridized carbons (Fsp3) is 0.200. The fourth-order valence-corrected chi connectivity index (χ4v) is 3.93. The van der Waals surface area contributed by atoms with Crippen molar-refractivity contribution < 1.29 is 9.18 Å². The van der Waals surface area contributed by atoms with E-state index in [2.05, 4.69) is 6.92 Å². The molecule has 1 aliphatic heterocycles. The quantitative estimate of drug-likeness (QED) is 0.506. The molecule has 0 N–H and O–H groups in total. The lowest BCUT2D eigenvalue weighted by Crippen LogP contribution is -2.27. The van der Waals surface area contributed by atoms with E-state index in [0.29, 0.717) is 14.8 Å². The summed E-state index contributed by atoms with van der Waals surface area (Å²) in [4.78, 5) is 14.8. The molecular weight excluding hydrogens is 353 g/mol. The van der Waals surface area contributed by atoms with Gasteiger partial charge in [-0.05, 0) is 54.3 Å². The number of carbonyl (C=O) groups excluding carboxylic acids is 1. The summed E-state index contributed by atoms with van der Waals surface area (Å²) < 4.78 is 13.8. The zero-order chi connectivity index (χ0) is 17.8. The van der Waals surface area contributed by atoms with Crippen LogP contribution in [0.5, 0.6) is 0 Å². The first-order valence-corrected chi connectivity index (χ1v) is 9.43. The van der Waals surface area contributed by atoms with E-state index in [9.17, 15) is 9.18 Å². The van der Waals surface area contributed by atoms with E-state index in [-0.39, 0.29) is 11.7 Å². The van der Waals surface area contributed by atoms with Crippen molar-refractivity contribution in [2.45, 2.75) is 26.2 Å². The van der Waals surface area contributed by atoms with Crippen LogP contribution in [0.25, 0.3) is 6.08 Å². The molecule has 0 unspecified atom stereocenters. The zero-order valence-electron chi connectivity index (χ0n) is 13.9. The number of aryl methyl sites for hydroxylation is 1. The van der Waals surface area contributed by atoms with Gasteiger partial charge in [0.05, 0.1) is 10.6 Å². The monoisotopic (exact) mass is 371 g/mol. The molecule has 1 amide bonds. The summed E-state index contributed by atoms with van der Waals surface area (Å²) in [5.41, 5.74) is 2.67. The number of thiocarbonyl (C=S) groups is 1. The molecule has 0 spiro atoms. The third kappa shape index (κ3) is 4.17. The fourth-order valence-electron chi connectivity index (χ4n) is 2.63. The average molecular weight is 372 g/mol. The Hall–Kier alpha value is -1.98. The van der Waals surface area contributed by atoms with Crippen molar-refractivity contribution in [2.75, 3.05) is 4.90 Å². The topological polar surface area (TPSA) is 20.3 Å². The molecule has 25 heavy (non-hydrogen) atoms. The molecule has 2 aromatic rings. The Morgan fingerprint density at radius 1 is 1.20 bits per heavy atom. The lowest BCUT2D eigenvalue weighted by molar-refractivity contribution is -0.113. The smallest absolute Gasteiger partial charge is 0.268 e. The molecule has 0 atom stereocenters. The van der Waals surface area contributed by atoms with Crippen molar-refractivity contribution in [1.82, 2.24) is 0 Å². The predicted octanol–water partition coefficient (Wildman–Crippen LogP) is 5.57. The SMILES string of the molecule is CCCCc1ccc(N2C(=O)C(=Cc3cccc(F)c3)SC2=S)cc1. The number of benzene rings is 2. The van der Waals surface area contributed by atoms with Crippen LogP contribution in [0, 0.1) is 5.82 Å². The molecule has 2 nitrogen and oxygen atoms in total. The summed E-state index contributed by atoms with van der Waals surface area (Å²) in [6.45, 7) is 2.17. The van der Waals surface area contributed by atoms with Crippen LogP contribution < -0.4 is 4.90 Å². The van der Waals surface area contributed by atoms with Gasteiger partial charge < -0.3 is 0 Å². The van der Waals surface area contributed by atoms with Gasteiger partial charge in [-0.2, -0.15) is 0 Å². The van der Waals surface area contributed by atoms with Gasteiger partial charge in [-0.15, -0.1) is 0 Å². The van der Waals surface area contributed by atoms with Gasteiger partial charge in [-0.3, -0.25) is 9.69 Å². The van der Waals surface area contributed by atoms with Crippen LogP contribution >= 0.6 is 24.0 Å². The van der Waals surface area contributed by atoms with Crippen molar-refractivity contribution in [1.29, 1.82) is 0 Å². The minimum absolute atomic E-state index is 0.166. The highest BCUT2D eigenvalue weighted by Gasteiger charge is 2.33. The van der Waals surface area contributed by atoms with Crippen LogP contribution in [0.15, 0.2) is 53.4 Å². The molecular formula is C20H18FNOS2. The number of hydrogen-bond acceptors (Lipinski definition) is 3. The third-order valence-corrected chi connectivity index (χ3v) is 5.26. The van der Waals surface area contributed by atoms with E-state index < -0.39 is 0 Å². The molecule has 0 bridgehead atoms. The molecule has 0 aliphatic carbocycles. The molecule has 2 aromatic carbocycles. The van der Waals surface area contributed by atoms with Gasteiger partial charge in [0.2, 0.25) is 0 Å². The van der Waals surface area contributed by atoms with Crippen LogP contribution in [-0.2, 0) is 11.2 Å². The van der Waals surface area contributed by atoms with E-state index in [0.717, 1.165) is 24.9 Å².